The monoisotopic (exact) mass is 395 g/mol. The number of hydrogen-bond donors (Lipinski definition) is 1. The lowest BCUT2D eigenvalue weighted by Crippen LogP contribution is -2.27. The Morgan fingerprint density at radius 3 is 2.61 bits per heavy atom. The number of anilines is 1. The van der Waals surface area contributed by atoms with Gasteiger partial charge in [0.15, 0.2) is 11.5 Å². The van der Waals surface area contributed by atoms with Gasteiger partial charge in [0.2, 0.25) is 5.91 Å². The Hall–Kier alpha value is -2.93. The van der Waals surface area contributed by atoms with Gasteiger partial charge in [-0.05, 0) is 37.1 Å². The van der Waals surface area contributed by atoms with Crippen LogP contribution in [0.5, 0.6) is 11.5 Å². The number of carbonyl (C=O) groups is 1. The Balaban J connectivity index is 1.56. The number of benzene rings is 1. The number of carbonyl (C=O) groups excluding carboxylic acids is 1. The largest absolute Gasteiger partial charge is 0.493 e. The molecular formula is C21H21N3O3S. The molecule has 28 heavy (non-hydrogen) atoms. The molecule has 144 valence electrons. The van der Waals surface area contributed by atoms with Crippen LogP contribution in [-0.2, 0) is 4.79 Å². The summed E-state index contributed by atoms with van der Waals surface area (Å²) in [5.41, 5.74) is 3.21. The van der Waals surface area contributed by atoms with E-state index < -0.39 is 0 Å². The van der Waals surface area contributed by atoms with Gasteiger partial charge < -0.3 is 14.8 Å². The third kappa shape index (κ3) is 3.71. The lowest BCUT2D eigenvalue weighted by atomic mass is 9.85. The third-order valence-corrected chi connectivity index (χ3v) is 5.86. The normalized spacial score (nSPS) is 13.6. The SMILES string of the molecule is COc1ccc(-c2cncc(-c3cc(NC(=O)C4CCC4)cs3)n2)cc1OC. The number of rotatable bonds is 6. The van der Waals surface area contributed by atoms with Crippen molar-refractivity contribution in [3.63, 3.8) is 0 Å². The van der Waals surface area contributed by atoms with E-state index in [4.69, 9.17) is 14.5 Å². The average Bonchev–Trinajstić information content (AvgIpc) is 3.14. The summed E-state index contributed by atoms with van der Waals surface area (Å²) in [5, 5.41) is 4.94. The van der Waals surface area contributed by atoms with Gasteiger partial charge in [0.05, 0.1) is 48.6 Å². The fraction of sp³-hybridized carbons (Fsp3) is 0.286. The average molecular weight is 395 g/mol. The number of thiophene rings is 1. The van der Waals surface area contributed by atoms with Crippen LogP contribution in [0.25, 0.3) is 21.8 Å². The van der Waals surface area contributed by atoms with E-state index in [2.05, 4.69) is 10.3 Å². The molecule has 1 saturated carbocycles. The number of hydrogen-bond acceptors (Lipinski definition) is 6. The molecule has 0 spiro atoms. The van der Waals surface area contributed by atoms with Gasteiger partial charge in [-0.3, -0.25) is 9.78 Å². The Kier molecular flexibility index (Phi) is 5.25. The number of nitrogens with zero attached hydrogens (tertiary/aromatic N) is 2. The van der Waals surface area contributed by atoms with Crippen molar-refractivity contribution in [2.45, 2.75) is 19.3 Å². The molecule has 0 radical (unpaired) electrons. The van der Waals surface area contributed by atoms with E-state index in [-0.39, 0.29) is 11.8 Å². The molecule has 0 bridgehead atoms. The quantitative estimate of drug-likeness (QED) is 0.659. The minimum Gasteiger partial charge on any atom is -0.493 e. The molecule has 1 aliphatic rings. The maximum atomic E-state index is 12.1. The maximum Gasteiger partial charge on any atom is 0.227 e. The number of aromatic nitrogens is 2. The van der Waals surface area contributed by atoms with Crippen LogP contribution < -0.4 is 14.8 Å². The Morgan fingerprint density at radius 1 is 1.11 bits per heavy atom. The smallest absolute Gasteiger partial charge is 0.227 e. The predicted molar refractivity (Wildman–Crippen MR) is 110 cm³/mol. The van der Waals surface area contributed by atoms with Crippen molar-refractivity contribution in [3.8, 4) is 33.3 Å². The number of nitrogens with one attached hydrogen (secondary N) is 1. The fourth-order valence-electron chi connectivity index (χ4n) is 3.07. The topological polar surface area (TPSA) is 73.3 Å². The van der Waals surface area contributed by atoms with Gasteiger partial charge in [0.25, 0.3) is 0 Å². The molecule has 6 nitrogen and oxygen atoms in total. The molecule has 1 aromatic carbocycles. The first-order valence-electron chi connectivity index (χ1n) is 9.12. The van der Waals surface area contributed by atoms with Crippen molar-refractivity contribution in [3.05, 3.63) is 42.0 Å². The molecule has 0 unspecified atom stereocenters. The molecule has 3 aromatic rings. The van der Waals surface area contributed by atoms with Crippen molar-refractivity contribution in [2.75, 3.05) is 19.5 Å². The summed E-state index contributed by atoms with van der Waals surface area (Å²) in [6.45, 7) is 0. The molecule has 2 aromatic heterocycles. The predicted octanol–water partition coefficient (Wildman–Crippen LogP) is 4.63. The van der Waals surface area contributed by atoms with Crippen LogP contribution in [-0.4, -0.2) is 30.1 Å². The van der Waals surface area contributed by atoms with Crippen LogP contribution in [0.1, 0.15) is 19.3 Å². The van der Waals surface area contributed by atoms with Gasteiger partial charge in [0, 0.05) is 16.9 Å². The highest BCUT2D eigenvalue weighted by atomic mass is 32.1. The van der Waals surface area contributed by atoms with E-state index in [1.54, 1.807) is 26.6 Å². The van der Waals surface area contributed by atoms with Gasteiger partial charge in [-0.2, -0.15) is 0 Å². The highest BCUT2D eigenvalue weighted by Gasteiger charge is 2.25. The van der Waals surface area contributed by atoms with E-state index >= 15 is 0 Å². The molecule has 1 N–H and O–H groups in total. The minimum atomic E-state index is 0.112. The molecule has 2 heterocycles. The van der Waals surface area contributed by atoms with Crippen molar-refractivity contribution in [1.29, 1.82) is 0 Å². The summed E-state index contributed by atoms with van der Waals surface area (Å²) < 4.78 is 10.7. The van der Waals surface area contributed by atoms with Gasteiger partial charge >= 0.3 is 0 Å². The van der Waals surface area contributed by atoms with Crippen LogP contribution in [0.3, 0.4) is 0 Å². The van der Waals surface area contributed by atoms with Crippen molar-refractivity contribution in [1.82, 2.24) is 9.97 Å². The molecule has 1 aliphatic carbocycles. The zero-order valence-electron chi connectivity index (χ0n) is 15.8. The van der Waals surface area contributed by atoms with Gasteiger partial charge in [-0.25, -0.2) is 4.98 Å². The van der Waals surface area contributed by atoms with Gasteiger partial charge in [0.1, 0.15) is 0 Å². The fourth-order valence-corrected chi connectivity index (χ4v) is 3.87. The van der Waals surface area contributed by atoms with Crippen LogP contribution in [0.2, 0.25) is 0 Å². The standard InChI is InChI=1S/C21H21N3O3S/c1-26-18-7-6-14(8-19(18)27-2)16-10-22-11-17(24-16)20-9-15(12-28-20)23-21(25)13-4-3-5-13/h6-13H,3-5H2,1-2H3,(H,23,25). The first-order valence-corrected chi connectivity index (χ1v) is 10.00. The zero-order chi connectivity index (χ0) is 19.5. The second kappa shape index (κ2) is 7.98. The number of amides is 1. The molecule has 7 heteroatoms. The minimum absolute atomic E-state index is 0.112. The van der Waals surface area contributed by atoms with E-state index in [0.717, 1.165) is 46.8 Å². The van der Waals surface area contributed by atoms with Crippen molar-refractivity contribution < 1.29 is 14.3 Å². The van der Waals surface area contributed by atoms with E-state index in [9.17, 15) is 4.79 Å². The van der Waals surface area contributed by atoms with Crippen LogP contribution in [0.15, 0.2) is 42.0 Å². The Morgan fingerprint density at radius 2 is 1.89 bits per heavy atom. The lowest BCUT2D eigenvalue weighted by molar-refractivity contribution is -0.122. The summed E-state index contributed by atoms with van der Waals surface area (Å²) in [6, 6.07) is 7.60. The van der Waals surface area contributed by atoms with Crippen LogP contribution in [0.4, 0.5) is 5.69 Å². The second-order valence-corrected chi connectivity index (χ2v) is 7.59. The number of ether oxygens (including phenoxy) is 2. The second-order valence-electron chi connectivity index (χ2n) is 6.68. The van der Waals surface area contributed by atoms with Crippen molar-refractivity contribution in [2.24, 2.45) is 5.92 Å². The highest BCUT2D eigenvalue weighted by molar-refractivity contribution is 7.14. The Labute approximate surface area is 167 Å². The summed E-state index contributed by atoms with van der Waals surface area (Å²) >= 11 is 1.54. The Bertz CT molecular complexity index is 998. The summed E-state index contributed by atoms with van der Waals surface area (Å²) in [6.07, 6.45) is 6.57. The molecule has 1 fully saturated rings. The molecule has 4 rings (SSSR count). The van der Waals surface area contributed by atoms with E-state index in [1.807, 2.05) is 29.6 Å². The number of methoxy groups -OCH3 is 2. The van der Waals surface area contributed by atoms with Crippen LogP contribution in [0, 0.1) is 5.92 Å². The first kappa shape index (κ1) is 18.4. The highest BCUT2D eigenvalue weighted by Crippen LogP contribution is 2.34. The lowest BCUT2D eigenvalue weighted by Gasteiger charge is -2.23. The summed E-state index contributed by atoms with van der Waals surface area (Å²) in [7, 11) is 3.21. The summed E-state index contributed by atoms with van der Waals surface area (Å²) in [4.78, 5) is 22.2. The van der Waals surface area contributed by atoms with Crippen LogP contribution >= 0.6 is 11.3 Å². The molecule has 0 atom stereocenters. The molecular weight excluding hydrogens is 374 g/mol. The maximum absolute atomic E-state index is 12.1. The third-order valence-electron chi connectivity index (χ3n) is 4.91. The zero-order valence-corrected chi connectivity index (χ0v) is 16.6. The van der Waals surface area contributed by atoms with E-state index in [1.165, 1.54) is 11.3 Å². The van der Waals surface area contributed by atoms with Gasteiger partial charge in [-0.1, -0.05) is 6.42 Å². The summed E-state index contributed by atoms with van der Waals surface area (Å²) in [5.74, 6) is 1.59. The van der Waals surface area contributed by atoms with E-state index in [0.29, 0.717) is 11.5 Å². The first-order chi connectivity index (χ1) is 13.7. The molecule has 0 saturated heterocycles. The van der Waals surface area contributed by atoms with Crippen molar-refractivity contribution >= 4 is 22.9 Å². The van der Waals surface area contributed by atoms with Gasteiger partial charge in [-0.15, -0.1) is 11.3 Å². The molecule has 1 amide bonds. The molecule has 0 aliphatic heterocycles.